The van der Waals surface area contributed by atoms with Crippen molar-refractivity contribution in [3.8, 4) is 0 Å². The summed E-state index contributed by atoms with van der Waals surface area (Å²) >= 11 is 11.3. The van der Waals surface area contributed by atoms with Crippen LogP contribution in [0.5, 0.6) is 0 Å². The average molecular weight is 295 g/mol. The number of nitrogens with zero attached hydrogens (tertiary/aromatic N) is 2. The van der Waals surface area contributed by atoms with Crippen LogP contribution in [0.3, 0.4) is 0 Å². The summed E-state index contributed by atoms with van der Waals surface area (Å²) in [7, 11) is 2.88. The summed E-state index contributed by atoms with van der Waals surface area (Å²) in [5.41, 5.74) is 0.333. The number of hydroxylamine groups is 2. The summed E-state index contributed by atoms with van der Waals surface area (Å²) in [4.78, 5) is 20.0. The van der Waals surface area contributed by atoms with E-state index in [-0.39, 0.29) is 16.2 Å². The van der Waals surface area contributed by atoms with Gasteiger partial charge in [-0.3, -0.25) is 9.63 Å². The second-order valence-electron chi connectivity index (χ2n) is 2.49. The number of carbonyl (C=O) groups is 1. The standard InChI is InChI=1S/C8H8Cl2N2O2.2C2H6/c1-12(14-2)8(13)5-3-6(9)11-7(10)4-5;2*1-2/h3-4H,1-2H3;2*1-2H3. The number of hydrogen-bond acceptors (Lipinski definition) is 3. The predicted molar refractivity (Wildman–Crippen MR) is 76.1 cm³/mol. The molecule has 4 nitrogen and oxygen atoms in total. The van der Waals surface area contributed by atoms with E-state index < -0.39 is 0 Å². The molecule has 0 saturated heterocycles. The Morgan fingerprint density at radius 1 is 1.17 bits per heavy atom. The van der Waals surface area contributed by atoms with Gasteiger partial charge in [-0.25, -0.2) is 10.0 Å². The number of aromatic nitrogens is 1. The van der Waals surface area contributed by atoms with Gasteiger partial charge in [-0.2, -0.15) is 0 Å². The molecule has 18 heavy (non-hydrogen) atoms. The molecule has 0 aliphatic rings. The fourth-order valence-corrected chi connectivity index (χ4v) is 1.31. The summed E-state index contributed by atoms with van der Waals surface area (Å²) < 4.78 is 0. The zero-order valence-electron chi connectivity index (χ0n) is 11.6. The SMILES string of the molecule is CC.CC.CON(C)C(=O)c1cc(Cl)nc(Cl)c1. The lowest BCUT2D eigenvalue weighted by atomic mass is 10.2. The molecule has 0 aliphatic heterocycles. The van der Waals surface area contributed by atoms with E-state index in [2.05, 4.69) is 4.98 Å². The quantitative estimate of drug-likeness (QED) is 0.610. The highest BCUT2D eigenvalue weighted by Gasteiger charge is 2.12. The highest BCUT2D eigenvalue weighted by atomic mass is 35.5. The molecule has 1 aromatic rings. The molecular weight excluding hydrogens is 275 g/mol. The molecule has 0 N–H and O–H groups in total. The fraction of sp³-hybridized carbons (Fsp3) is 0.500. The second-order valence-corrected chi connectivity index (χ2v) is 3.26. The summed E-state index contributed by atoms with van der Waals surface area (Å²) in [6.45, 7) is 8.00. The van der Waals surface area contributed by atoms with E-state index in [1.807, 2.05) is 27.7 Å². The van der Waals surface area contributed by atoms with Gasteiger partial charge in [0.1, 0.15) is 10.3 Å². The lowest BCUT2D eigenvalue weighted by molar-refractivity contribution is -0.0757. The van der Waals surface area contributed by atoms with Crippen molar-refractivity contribution in [2.75, 3.05) is 14.2 Å². The molecule has 1 heterocycles. The third-order valence-corrected chi connectivity index (χ3v) is 1.96. The summed E-state index contributed by atoms with van der Waals surface area (Å²) in [5.74, 6) is -0.335. The molecule has 1 amide bonds. The van der Waals surface area contributed by atoms with Crippen LogP contribution in [0.1, 0.15) is 38.1 Å². The van der Waals surface area contributed by atoms with Crippen molar-refractivity contribution in [1.82, 2.24) is 10.0 Å². The Hall–Kier alpha value is -0.840. The number of carbonyl (C=O) groups excluding carboxylic acids is 1. The lowest BCUT2D eigenvalue weighted by Gasteiger charge is -2.13. The molecule has 0 aromatic carbocycles. The molecule has 104 valence electrons. The molecule has 0 radical (unpaired) electrons. The molecule has 0 atom stereocenters. The maximum Gasteiger partial charge on any atom is 0.277 e. The van der Waals surface area contributed by atoms with Gasteiger partial charge in [0.25, 0.3) is 5.91 Å². The number of amides is 1. The molecule has 0 spiro atoms. The van der Waals surface area contributed by atoms with Crippen molar-refractivity contribution in [2.45, 2.75) is 27.7 Å². The third kappa shape index (κ3) is 6.79. The molecule has 0 bridgehead atoms. The van der Waals surface area contributed by atoms with Crippen LogP contribution < -0.4 is 0 Å². The van der Waals surface area contributed by atoms with E-state index >= 15 is 0 Å². The van der Waals surface area contributed by atoms with Crippen LogP contribution in [0, 0.1) is 0 Å². The van der Waals surface area contributed by atoms with Crippen LogP contribution in [0.4, 0.5) is 0 Å². The lowest BCUT2D eigenvalue weighted by Crippen LogP contribution is -2.25. The van der Waals surface area contributed by atoms with Crippen LogP contribution in [0.15, 0.2) is 12.1 Å². The normalized spacial score (nSPS) is 8.44. The maximum absolute atomic E-state index is 11.5. The second kappa shape index (κ2) is 11.3. The number of hydrogen-bond donors (Lipinski definition) is 0. The molecule has 0 saturated carbocycles. The minimum Gasteiger partial charge on any atom is -0.274 e. The first-order chi connectivity index (χ1) is 8.54. The van der Waals surface area contributed by atoms with E-state index in [1.165, 1.54) is 26.3 Å². The van der Waals surface area contributed by atoms with E-state index in [9.17, 15) is 4.79 Å². The minimum absolute atomic E-state index is 0.172. The zero-order valence-corrected chi connectivity index (χ0v) is 13.1. The van der Waals surface area contributed by atoms with Crippen LogP contribution in [-0.4, -0.2) is 30.1 Å². The molecule has 1 aromatic heterocycles. The van der Waals surface area contributed by atoms with E-state index in [1.54, 1.807) is 0 Å². The Kier molecular flexibility index (Phi) is 12.2. The van der Waals surface area contributed by atoms with Crippen LogP contribution >= 0.6 is 23.2 Å². The first-order valence-corrected chi connectivity index (χ1v) is 6.45. The zero-order chi connectivity index (χ0) is 14.7. The molecular formula is C12H20Cl2N2O2. The van der Waals surface area contributed by atoms with E-state index in [4.69, 9.17) is 28.0 Å². The first kappa shape index (κ1) is 19.5. The van der Waals surface area contributed by atoms with E-state index in [0.29, 0.717) is 5.56 Å². The van der Waals surface area contributed by atoms with Gasteiger partial charge in [0.05, 0.1) is 7.11 Å². The van der Waals surface area contributed by atoms with E-state index in [0.717, 1.165) is 5.06 Å². The monoisotopic (exact) mass is 294 g/mol. The summed E-state index contributed by atoms with van der Waals surface area (Å²) in [6.07, 6.45) is 0. The minimum atomic E-state index is -0.335. The van der Waals surface area contributed by atoms with Gasteiger partial charge in [0.2, 0.25) is 0 Å². The summed E-state index contributed by atoms with van der Waals surface area (Å²) in [5, 5.41) is 1.41. The van der Waals surface area contributed by atoms with Gasteiger partial charge in [-0.05, 0) is 12.1 Å². The first-order valence-electron chi connectivity index (χ1n) is 5.70. The van der Waals surface area contributed by atoms with Gasteiger partial charge in [-0.1, -0.05) is 50.9 Å². The number of rotatable bonds is 2. The van der Waals surface area contributed by atoms with Crippen LogP contribution in [-0.2, 0) is 4.84 Å². The smallest absolute Gasteiger partial charge is 0.274 e. The highest BCUT2D eigenvalue weighted by molar-refractivity contribution is 6.33. The Morgan fingerprint density at radius 3 is 1.89 bits per heavy atom. The molecule has 6 heteroatoms. The van der Waals surface area contributed by atoms with Gasteiger partial charge < -0.3 is 0 Å². The van der Waals surface area contributed by atoms with Crippen molar-refractivity contribution in [2.24, 2.45) is 0 Å². The molecule has 0 fully saturated rings. The highest BCUT2D eigenvalue weighted by Crippen LogP contribution is 2.15. The maximum atomic E-state index is 11.5. The Morgan fingerprint density at radius 2 is 1.56 bits per heavy atom. The van der Waals surface area contributed by atoms with Gasteiger partial charge in [0.15, 0.2) is 0 Å². The van der Waals surface area contributed by atoms with Gasteiger partial charge in [-0.15, -0.1) is 0 Å². The summed E-state index contributed by atoms with van der Waals surface area (Å²) in [6, 6.07) is 2.84. The third-order valence-electron chi connectivity index (χ3n) is 1.57. The van der Waals surface area contributed by atoms with Crippen molar-refractivity contribution < 1.29 is 9.63 Å². The van der Waals surface area contributed by atoms with Crippen molar-refractivity contribution in [3.05, 3.63) is 28.0 Å². The van der Waals surface area contributed by atoms with Crippen LogP contribution in [0.25, 0.3) is 0 Å². The Balaban J connectivity index is 0. The van der Waals surface area contributed by atoms with Crippen molar-refractivity contribution >= 4 is 29.1 Å². The van der Waals surface area contributed by atoms with Gasteiger partial charge >= 0.3 is 0 Å². The van der Waals surface area contributed by atoms with Crippen LogP contribution in [0.2, 0.25) is 10.3 Å². The average Bonchev–Trinajstić information content (AvgIpc) is 2.40. The molecule has 0 aliphatic carbocycles. The fourth-order valence-electron chi connectivity index (χ4n) is 0.853. The van der Waals surface area contributed by atoms with Crippen molar-refractivity contribution in [1.29, 1.82) is 0 Å². The van der Waals surface area contributed by atoms with Crippen molar-refractivity contribution in [3.63, 3.8) is 0 Å². The number of halogens is 2. The Labute approximate surface area is 119 Å². The topological polar surface area (TPSA) is 42.4 Å². The number of pyridine rings is 1. The van der Waals surface area contributed by atoms with Gasteiger partial charge in [0, 0.05) is 12.6 Å². The largest absolute Gasteiger partial charge is 0.277 e. The predicted octanol–water partition coefficient (Wildman–Crippen LogP) is 4.07. The Bertz CT molecular complexity index is 340. The molecule has 0 unspecified atom stereocenters. The molecule has 1 rings (SSSR count).